The molecular formula is C18H28BrNO. The van der Waals surface area contributed by atoms with Crippen LogP contribution in [-0.2, 0) is 5.41 Å². The zero-order valence-electron chi connectivity index (χ0n) is 13.4. The number of aromatic hydroxyl groups is 1. The lowest BCUT2D eigenvalue weighted by atomic mass is 9.62. The second kappa shape index (κ2) is 6.29. The van der Waals surface area contributed by atoms with Crippen molar-refractivity contribution >= 4 is 17.0 Å². The molecule has 1 aromatic rings. The standard InChI is InChI=1S/C18H27NO.BrH/c1-4-5-9-19-10-8-18(3)12-17(19)13(2)15-7-6-14(20)11-16(15)18;/h6-7,11,13,17,20H,4-5,8-10,12H2,1-3H3;1H. The highest BCUT2D eigenvalue weighted by Crippen LogP contribution is 2.50. The molecule has 1 saturated heterocycles. The number of phenols is 1. The molecule has 0 spiro atoms. The summed E-state index contributed by atoms with van der Waals surface area (Å²) in [6.45, 7) is 9.48. The van der Waals surface area contributed by atoms with Gasteiger partial charge in [0.2, 0.25) is 0 Å². The molecule has 3 rings (SSSR count). The van der Waals surface area contributed by atoms with E-state index in [1.807, 2.05) is 12.1 Å². The summed E-state index contributed by atoms with van der Waals surface area (Å²) in [5.74, 6) is 1.000. The second-order valence-electron chi connectivity index (χ2n) is 7.03. The zero-order valence-corrected chi connectivity index (χ0v) is 15.1. The molecule has 1 aliphatic carbocycles. The predicted octanol–water partition coefficient (Wildman–Crippen LogP) is 4.61. The molecule has 1 fully saturated rings. The molecule has 0 saturated carbocycles. The van der Waals surface area contributed by atoms with E-state index in [0.717, 1.165) is 0 Å². The summed E-state index contributed by atoms with van der Waals surface area (Å²) < 4.78 is 0. The molecule has 1 N–H and O–H groups in total. The van der Waals surface area contributed by atoms with E-state index in [1.165, 1.54) is 49.9 Å². The molecule has 0 amide bonds. The molecule has 3 heteroatoms. The largest absolute Gasteiger partial charge is 0.508 e. The van der Waals surface area contributed by atoms with Gasteiger partial charge in [-0.2, -0.15) is 0 Å². The van der Waals surface area contributed by atoms with Crippen LogP contribution in [0.3, 0.4) is 0 Å². The maximum atomic E-state index is 9.84. The number of rotatable bonds is 3. The first-order chi connectivity index (χ1) is 9.55. The number of hydrogen-bond acceptors (Lipinski definition) is 2. The van der Waals surface area contributed by atoms with Crippen molar-refractivity contribution in [3.63, 3.8) is 0 Å². The lowest BCUT2D eigenvalue weighted by Gasteiger charge is -2.52. The number of unbranched alkanes of at least 4 members (excludes halogenated alkanes) is 1. The number of hydrogen-bond donors (Lipinski definition) is 1. The smallest absolute Gasteiger partial charge is 0.115 e. The topological polar surface area (TPSA) is 23.5 Å². The van der Waals surface area contributed by atoms with E-state index < -0.39 is 0 Å². The first-order valence-corrected chi connectivity index (χ1v) is 8.12. The molecule has 0 radical (unpaired) electrons. The Morgan fingerprint density at radius 3 is 2.86 bits per heavy atom. The molecule has 1 heterocycles. The van der Waals surface area contributed by atoms with Crippen LogP contribution in [0, 0.1) is 0 Å². The Hall–Kier alpha value is -0.540. The van der Waals surface area contributed by atoms with Crippen molar-refractivity contribution in [3.8, 4) is 5.75 Å². The fourth-order valence-corrected chi connectivity index (χ4v) is 4.30. The SMILES string of the molecule is Br.CCCCN1CCC2(C)CC1C(C)c1ccc(O)cc12. The van der Waals surface area contributed by atoms with Crippen LogP contribution in [0.1, 0.15) is 63.5 Å². The van der Waals surface area contributed by atoms with Gasteiger partial charge in [-0.05, 0) is 66.9 Å². The van der Waals surface area contributed by atoms with Crippen LogP contribution >= 0.6 is 17.0 Å². The number of likely N-dealkylation sites (tertiary alicyclic amines) is 1. The van der Waals surface area contributed by atoms with Crippen molar-refractivity contribution in [1.82, 2.24) is 4.90 Å². The average Bonchev–Trinajstić information content (AvgIpc) is 2.44. The van der Waals surface area contributed by atoms with Crippen LogP contribution in [0.5, 0.6) is 5.75 Å². The quantitative estimate of drug-likeness (QED) is 0.857. The van der Waals surface area contributed by atoms with E-state index in [2.05, 4.69) is 31.7 Å². The second-order valence-corrected chi connectivity index (χ2v) is 7.03. The van der Waals surface area contributed by atoms with Crippen molar-refractivity contribution < 1.29 is 5.11 Å². The van der Waals surface area contributed by atoms with Gasteiger partial charge in [0, 0.05) is 6.04 Å². The summed E-state index contributed by atoms with van der Waals surface area (Å²) in [7, 11) is 0. The monoisotopic (exact) mass is 353 g/mol. The number of fused-ring (bicyclic) bond motifs is 4. The summed E-state index contributed by atoms with van der Waals surface area (Å²) in [5, 5.41) is 9.84. The van der Waals surface area contributed by atoms with Crippen LogP contribution < -0.4 is 0 Å². The lowest BCUT2D eigenvalue weighted by molar-refractivity contribution is 0.0699. The number of halogens is 1. The summed E-state index contributed by atoms with van der Waals surface area (Å²) in [6, 6.07) is 6.71. The number of benzene rings is 1. The van der Waals surface area contributed by atoms with Crippen molar-refractivity contribution in [3.05, 3.63) is 29.3 Å². The van der Waals surface area contributed by atoms with Crippen LogP contribution in [0.2, 0.25) is 0 Å². The molecule has 2 nitrogen and oxygen atoms in total. The van der Waals surface area contributed by atoms with Crippen molar-refractivity contribution in [2.45, 2.75) is 63.8 Å². The molecule has 21 heavy (non-hydrogen) atoms. The van der Waals surface area contributed by atoms with Crippen molar-refractivity contribution in [2.75, 3.05) is 13.1 Å². The maximum absolute atomic E-state index is 9.84. The van der Waals surface area contributed by atoms with Crippen molar-refractivity contribution in [2.24, 2.45) is 0 Å². The molecule has 118 valence electrons. The fraction of sp³-hybridized carbons (Fsp3) is 0.667. The molecule has 3 unspecified atom stereocenters. The summed E-state index contributed by atoms with van der Waals surface area (Å²) >= 11 is 0. The molecule has 1 aromatic carbocycles. The van der Waals surface area contributed by atoms with E-state index in [4.69, 9.17) is 0 Å². The Balaban J connectivity index is 0.00000161. The van der Waals surface area contributed by atoms with Gasteiger partial charge in [0.25, 0.3) is 0 Å². The van der Waals surface area contributed by atoms with E-state index in [-0.39, 0.29) is 22.4 Å². The first kappa shape index (κ1) is 16.8. The van der Waals surface area contributed by atoms with Gasteiger partial charge in [0.1, 0.15) is 5.75 Å². The highest BCUT2D eigenvalue weighted by atomic mass is 79.9. The third kappa shape index (κ3) is 2.87. The normalized spacial score (nSPS) is 31.4. The van der Waals surface area contributed by atoms with Gasteiger partial charge in [0.15, 0.2) is 0 Å². The Morgan fingerprint density at radius 2 is 2.14 bits per heavy atom. The van der Waals surface area contributed by atoms with Gasteiger partial charge in [-0.25, -0.2) is 0 Å². The van der Waals surface area contributed by atoms with Crippen LogP contribution in [0.25, 0.3) is 0 Å². The van der Waals surface area contributed by atoms with E-state index in [0.29, 0.717) is 17.7 Å². The van der Waals surface area contributed by atoms with Gasteiger partial charge >= 0.3 is 0 Å². The van der Waals surface area contributed by atoms with Crippen LogP contribution in [0.4, 0.5) is 0 Å². The minimum atomic E-state index is 0. The summed E-state index contributed by atoms with van der Waals surface area (Å²) in [6.07, 6.45) is 5.05. The van der Waals surface area contributed by atoms with Crippen LogP contribution in [0.15, 0.2) is 18.2 Å². The number of nitrogens with zero attached hydrogens (tertiary/aromatic N) is 1. The van der Waals surface area contributed by atoms with E-state index >= 15 is 0 Å². The predicted molar refractivity (Wildman–Crippen MR) is 93.7 cm³/mol. The molecule has 0 aromatic heterocycles. The summed E-state index contributed by atoms with van der Waals surface area (Å²) in [4.78, 5) is 2.71. The average molecular weight is 354 g/mol. The molecule has 2 aliphatic rings. The molecule has 1 aliphatic heterocycles. The Labute approximate surface area is 139 Å². The van der Waals surface area contributed by atoms with Gasteiger partial charge in [-0.3, -0.25) is 4.90 Å². The van der Waals surface area contributed by atoms with Gasteiger partial charge in [-0.15, -0.1) is 17.0 Å². The third-order valence-corrected chi connectivity index (χ3v) is 5.63. The Kier molecular flexibility index (Phi) is 5.04. The van der Waals surface area contributed by atoms with E-state index in [1.54, 1.807) is 0 Å². The third-order valence-electron chi connectivity index (χ3n) is 5.63. The fourth-order valence-electron chi connectivity index (χ4n) is 4.30. The Morgan fingerprint density at radius 1 is 1.38 bits per heavy atom. The molecule has 3 atom stereocenters. The molecule has 2 bridgehead atoms. The van der Waals surface area contributed by atoms with Gasteiger partial charge < -0.3 is 5.11 Å². The molecular weight excluding hydrogens is 326 g/mol. The van der Waals surface area contributed by atoms with Gasteiger partial charge in [0.05, 0.1) is 0 Å². The highest BCUT2D eigenvalue weighted by molar-refractivity contribution is 8.93. The Bertz CT molecular complexity index is 504. The minimum absolute atomic E-state index is 0. The van der Waals surface area contributed by atoms with Crippen molar-refractivity contribution in [1.29, 1.82) is 0 Å². The van der Waals surface area contributed by atoms with E-state index in [9.17, 15) is 5.11 Å². The highest BCUT2D eigenvalue weighted by Gasteiger charge is 2.45. The lowest BCUT2D eigenvalue weighted by Crippen LogP contribution is -2.53. The van der Waals surface area contributed by atoms with Crippen LogP contribution in [-0.4, -0.2) is 29.1 Å². The maximum Gasteiger partial charge on any atom is 0.115 e. The number of piperidine rings is 1. The van der Waals surface area contributed by atoms with Gasteiger partial charge in [-0.1, -0.05) is 33.3 Å². The minimum Gasteiger partial charge on any atom is -0.508 e. The number of phenolic OH excluding ortho intramolecular Hbond substituents is 1. The zero-order chi connectivity index (χ0) is 14.3. The summed E-state index contributed by atoms with van der Waals surface area (Å²) in [5.41, 5.74) is 3.12. The first-order valence-electron chi connectivity index (χ1n) is 8.12.